The van der Waals surface area contributed by atoms with E-state index >= 15 is 0 Å². The molecule has 174 valence electrons. The molecular formula is C29H30N2O3. The van der Waals surface area contributed by atoms with Gasteiger partial charge >= 0.3 is 0 Å². The lowest BCUT2D eigenvalue weighted by atomic mass is 9.95. The Kier molecular flexibility index (Phi) is 6.46. The van der Waals surface area contributed by atoms with E-state index in [4.69, 9.17) is 5.73 Å². The quantitative estimate of drug-likeness (QED) is 0.293. The van der Waals surface area contributed by atoms with Gasteiger partial charge in [-0.1, -0.05) is 38.1 Å². The average Bonchev–Trinajstić information content (AvgIpc) is 3.09. The van der Waals surface area contributed by atoms with E-state index in [2.05, 4.69) is 35.8 Å². The molecule has 4 rings (SSSR count). The summed E-state index contributed by atoms with van der Waals surface area (Å²) in [5, 5.41) is 20.8. The van der Waals surface area contributed by atoms with Gasteiger partial charge in [0.15, 0.2) is 0 Å². The summed E-state index contributed by atoms with van der Waals surface area (Å²) in [5.41, 5.74) is 13.5. The number of aromatic hydroxyl groups is 2. The van der Waals surface area contributed by atoms with Crippen LogP contribution in [-0.2, 0) is 11.3 Å². The molecule has 5 heteroatoms. The number of nitrogens with two attached hydrogens (primary N) is 1. The number of phenols is 2. The van der Waals surface area contributed by atoms with Crippen molar-refractivity contribution in [3.05, 3.63) is 89.0 Å². The average molecular weight is 455 g/mol. The summed E-state index contributed by atoms with van der Waals surface area (Å²) >= 11 is 0. The van der Waals surface area contributed by atoms with Crippen LogP contribution in [0.15, 0.2) is 72.3 Å². The number of nitrogens with zero attached hydrogens (tertiary/aromatic N) is 1. The van der Waals surface area contributed by atoms with Crippen LogP contribution in [0.1, 0.15) is 43.4 Å². The van der Waals surface area contributed by atoms with E-state index in [1.165, 1.54) is 0 Å². The standard InChI is InChI=1S/C29H30N2O3/c1-4-24(25(5-2)29(30)34)20-8-6-19(7-9-20)17-31-27-15-14-23(33)16-26(27)18(3)28(31)21-10-12-22(32)13-11-21/h6-16,32-33H,4-5,17H2,1-3H3,(H2,30,34). The lowest BCUT2D eigenvalue weighted by Crippen LogP contribution is -2.15. The highest BCUT2D eigenvalue weighted by Crippen LogP contribution is 2.36. The summed E-state index contributed by atoms with van der Waals surface area (Å²) < 4.78 is 2.24. The second-order valence-corrected chi connectivity index (χ2v) is 8.53. The first kappa shape index (κ1) is 23.2. The molecule has 4 aromatic rings. The van der Waals surface area contributed by atoms with Gasteiger partial charge in [0.05, 0.1) is 5.69 Å². The molecule has 0 saturated carbocycles. The van der Waals surface area contributed by atoms with Gasteiger partial charge in [-0.2, -0.15) is 0 Å². The summed E-state index contributed by atoms with van der Waals surface area (Å²) in [6.07, 6.45) is 1.35. The van der Waals surface area contributed by atoms with Crippen LogP contribution in [0.5, 0.6) is 11.5 Å². The third-order valence-electron chi connectivity index (χ3n) is 6.45. The third kappa shape index (κ3) is 4.29. The Bertz CT molecular complexity index is 1380. The molecule has 34 heavy (non-hydrogen) atoms. The molecule has 0 radical (unpaired) electrons. The number of carbonyl (C=O) groups excluding carboxylic acids is 1. The van der Waals surface area contributed by atoms with Gasteiger partial charge in [0, 0.05) is 23.0 Å². The molecule has 0 aliphatic carbocycles. The fraction of sp³-hybridized carbons (Fsp3) is 0.207. The molecule has 0 atom stereocenters. The van der Waals surface area contributed by atoms with E-state index in [-0.39, 0.29) is 17.4 Å². The Morgan fingerprint density at radius 2 is 1.53 bits per heavy atom. The van der Waals surface area contributed by atoms with Gasteiger partial charge in [-0.3, -0.25) is 4.79 Å². The first-order valence-electron chi connectivity index (χ1n) is 11.6. The molecule has 0 fully saturated rings. The maximum absolute atomic E-state index is 11.9. The molecule has 0 saturated heterocycles. The van der Waals surface area contributed by atoms with E-state index in [1.54, 1.807) is 24.3 Å². The molecule has 0 unspecified atom stereocenters. The highest BCUT2D eigenvalue weighted by atomic mass is 16.3. The number of amides is 1. The van der Waals surface area contributed by atoms with E-state index < -0.39 is 0 Å². The first-order chi connectivity index (χ1) is 16.3. The van der Waals surface area contributed by atoms with Crippen molar-refractivity contribution in [2.75, 3.05) is 0 Å². The highest BCUT2D eigenvalue weighted by molar-refractivity contribution is 6.00. The van der Waals surface area contributed by atoms with E-state index in [0.717, 1.165) is 50.8 Å². The zero-order valence-corrected chi connectivity index (χ0v) is 19.8. The molecular weight excluding hydrogens is 424 g/mol. The maximum atomic E-state index is 11.9. The summed E-state index contributed by atoms with van der Waals surface area (Å²) in [6.45, 7) is 6.67. The molecule has 3 aromatic carbocycles. The lowest BCUT2D eigenvalue weighted by molar-refractivity contribution is -0.114. The zero-order valence-electron chi connectivity index (χ0n) is 19.8. The largest absolute Gasteiger partial charge is 0.508 e. The predicted octanol–water partition coefficient (Wildman–Crippen LogP) is 6.14. The Labute approximate surface area is 199 Å². The fourth-order valence-corrected chi connectivity index (χ4v) is 4.79. The van der Waals surface area contributed by atoms with Crippen molar-refractivity contribution in [1.29, 1.82) is 0 Å². The van der Waals surface area contributed by atoms with E-state index in [1.807, 2.05) is 32.0 Å². The molecule has 0 spiro atoms. The van der Waals surface area contributed by atoms with Crippen LogP contribution < -0.4 is 5.73 Å². The SMILES string of the molecule is CCC(C(N)=O)=C(CC)c1ccc(Cn2c(-c3ccc(O)cc3)c(C)c3cc(O)ccc32)cc1. The van der Waals surface area contributed by atoms with Crippen LogP contribution in [0.2, 0.25) is 0 Å². The maximum Gasteiger partial charge on any atom is 0.244 e. The highest BCUT2D eigenvalue weighted by Gasteiger charge is 2.17. The van der Waals surface area contributed by atoms with Gasteiger partial charge in [-0.15, -0.1) is 0 Å². The van der Waals surface area contributed by atoms with Crippen LogP contribution in [-0.4, -0.2) is 20.7 Å². The normalized spacial score (nSPS) is 12.1. The minimum atomic E-state index is -0.362. The summed E-state index contributed by atoms with van der Waals surface area (Å²) in [5.74, 6) is 0.0911. The first-order valence-corrected chi connectivity index (χ1v) is 11.6. The number of primary amides is 1. The number of hydrogen-bond donors (Lipinski definition) is 3. The Hall–Kier alpha value is -3.99. The van der Waals surface area contributed by atoms with Gasteiger partial charge in [0.25, 0.3) is 0 Å². The molecule has 0 aliphatic heterocycles. The number of aryl methyl sites for hydroxylation is 1. The lowest BCUT2D eigenvalue weighted by Gasteiger charge is -2.14. The molecule has 1 aromatic heterocycles. The Morgan fingerprint density at radius 1 is 0.882 bits per heavy atom. The van der Waals surface area contributed by atoms with Crippen molar-refractivity contribution in [2.24, 2.45) is 5.73 Å². The van der Waals surface area contributed by atoms with Crippen LogP contribution in [0.3, 0.4) is 0 Å². The predicted molar refractivity (Wildman–Crippen MR) is 138 cm³/mol. The number of phenolic OH excluding ortho intramolecular Hbond substituents is 2. The fourth-order valence-electron chi connectivity index (χ4n) is 4.79. The number of fused-ring (bicyclic) bond motifs is 1. The van der Waals surface area contributed by atoms with Gasteiger partial charge in [0.1, 0.15) is 11.5 Å². The minimum Gasteiger partial charge on any atom is -0.508 e. The molecule has 1 amide bonds. The van der Waals surface area contributed by atoms with E-state index in [0.29, 0.717) is 18.5 Å². The second-order valence-electron chi connectivity index (χ2n) is 8.53. The number of benzene rings is 3. The van der Waals surface area contributed by atoms with Crippen molar-refractivity contribution in [2.45, 2.75) is 40.2 Å². The monoisotopic (exact) mass is 454 g/mol. The van der Waals surface area contributed by atoms with Crippen molar-refractivity contribution >= 4 is 22.4 Å². The van der Waals surface area contributed by atoms with Gasteiger partial charge in [-0.25, -0.2) is 0 Å². The summed E-state index contributed by atoms with van der Waals surface area (Å²) in [4.78, 5) is 11.9. The number of hydrogen-bond acceptors (Lipinski definition) is 3. The van der Waals surface area contributed by atoms with Gasteiger partial charge in [0.2, 0.25) is 5.91 Å². The Morgan fingerprint density at radius 3 is 2.12 bits per heavy atom. The van der Waals surface area contributed by atoms with E-state index in [9.17, 15) is 15.0 Å². The van der Waals surface area contributed by atoms with Crippen molar-refractivity contribution in [3.63, 3.8) is 0 Å². The molecule has 1 heterocycles. The molecule has 0 bridgehead atoms. The van der Waals surface area contributed by atoms with Crippen molar-refractivity contribution in [3.8, 4) is 22.8 Å². The molecule has 0 aliphatic rings. The zero-order chi connectivity index (χ0) is 24.4. The number of carbonyl (C=O) groups is 1. The summed E-state index contributed by atoms with van der Waals surface area (Å²) in [6, 6.07) is 20.9. The second kappa shape index (κ2) is 9.48. The molecule has 5 nitrogen and oxygen atoms in total. The minimum absolute atomic E-state index is 0.222. The van der Waals surface area contributed by atoms with Gasteiger partial charge in [-0.05, 0) is 90.1 Å². The van der Waals surface area contributed by atoms with Crippen LogP contribution in [0.25, 0.3) is 27.7 Å². The summed E-state index contributed by atoms with van der Waals surface area (Å²) in [7, 11) is 0. The van der Waals surface area contributed by atoms with Gasteiger partial charge < -0.3 is 20.5 Å². The van der Waals surface area contributed by atoms with Crippen LogP contribution in [0.4, 0.5) is 0 Å². The number of allylic oxidation sites excluding steroid dienone is 1. The van der Waals surface area contributed by atoms with Crippen LogP contribution in [0, 0.1) is 6.92 Å². The smallest absolute Gasteiger partial charge is 0.244 e. The number of aromatic nitrogens is 1. The topological polar surface area (TPSA) is 88.5 Å². The van der Waals surface area contributed by atoms with Crippen molar-refractivity contribution < 1.29 is 15.0 Å². The Balaban J connectivity index is 1.80. The van der Waals surface area contributed by atoms with Crippen molar-refractivity contribution in [1.82, 2.24) is 4.57 Å². The number of rotatable bonds is 7. The third-order valence-corrected chi connectivity index (χ3v) is 6.45. The van der Waals surface area contributed by atoms with Crippen LogP contribution >= 0.6 is 0 Å². The molecule has 4 N–H and O–H groups in total.